The number of nitrogens with two attached hydrogens (primary N) is 1. The molecule has 4 nitrogen and oxygen atoms in total. The van der Waals surface area contributed by atoms with E-state index in [0.717, 1.165) is 19.3 Å². The first-order valence-electron chi connectivity index (χ1n) is 4.38. The molecule has 4 heteroatoms. The van der Waals surface area contributed by atoms with E-state index in [4.69, 9.17) is 10.8 Å². The van der Waals surface area contributed by atoms with E-state index in [1.54, 1.807) is 4.90 Å². The summed E-state index contributed by atoms with van der Waals surface area (Å²) in [6.07, 6.45) is 2.34. The third-order valence-electron chi connectivity index (χ3n) is 2.82. The average molecular weight is 170 g/mol. The predicted octanol–water partition coefficient (Wildman–Crippen LogP) is -0.929. The Morgan fingerprint density at radius 3 is 2.42 bits per heavy atom. The lowest BCUT2D eigenvalue weighted by Crippen LogP contribution is -2.65. The fourth-order valence-corrected chi connectivity index (χ4v) is 1.71. The molecule has 2 fully saturated rings. The molecular formula is C8H14N2O2. The van der Waals surface area contributed by atoms with Crippen molar-refractivity contribution in [3.8, 4) is 0 Å². The summed E-state index contributed by atoms with van der Waals surface area (Å²) in [5.74, 6) is 0.0269. The number of aliphatic hydroxyl groups excluding tert-OH is 1. The van der Waals surface area contributed by atoms with Crippen molar-refractivity contribution in [3.63, 3.8) is 0 Å². The Hall–Kier alpha value is -0.610. The molecule has 1 aliphatic heterocycles. The summed E-state index contributed by atoms with van der Waals surface area (Å²) < 4.78 is 0. The maximum absolute atomic E-state index is 11.6. The van der Waals surface area contributed by atoms with Gasteiger partial charge in [0.05, 0.1) is 11.6 Å². The van der Waals surface area contributed by atoms with Crippen molar-refractivity contribution in [1.29, 1.82) is 0 Å². The quantitative estimate of drug-likeness (QED) is 0.534. The van der Waals surface area contributed by atoms with Gasteiger partial charge in [-0.05, 0) is 19.3 Å². The Balaban J connectivity index is 1.92. The summed E-state index contributed by atoms with van der Waals surface area (Å²) in [6, 6.07) is 0. The smallest absolute Gasteiger partial charge is 0.242 e. The second-order valence-corrected chi connectivity index (χ2v) is 3.87. The Bertz CT molecular complexity index is 207. The molecule has 0 unspecified atom stereocenters. The van der Waals surface area contributed by atoms with Gasteiger partial charge in [0.15, 0.2) is 0 Å². The van der Waals surface area contributed by atoms with Gasteiger partial charge in [-0.2, -0.15) is 0 Å². The van der Waals surface area contributed by atoms with Crippen molar-refractivity contribution in [1.82, 2.24) is 4.90 Å². The topological polar surface area (TPSA) is 66.6 Å². The first-order chi connectivity index (χ1) is 5.62. The molecule has 0 aromatic carbocycles. The Kier molecular flexibility index (Phi) is 1.63. The maximum atomic E-state index is 11.6. The zero-order chi connectivity index (χ0) is 8.77. The molecule has 1 aliphatic carbocycles. The van der Waals surface area contributed by atoms with Crippen LogP contribution in [0.25, 0.3) is 0 Å². The van der Waals surface area contributed by atoms with Crippen molar-refractivity contribution in [3.05, 3.63) is 0 Å². The standard InChI is InChI=1S/C8H14N2O2/c9-8(2-1-3-8)7(12)10-4-6(11)5-10/h6,11H,1-5,9H2. The SMILES string of the molecule is NC1(C(=O)N2CC(O)C2)CCC1. The minimum absolute atomic E-state index is 0.0269. The highest BCUT2D eigenvalue weighted by Crippen LogP contribution is 2.32. The van der Waals surface area contributed by atoms with E-state index < -0.39 is 5.54 Å². The Labute approximate surface area is 71.3 Å². The molecule has 0 atom stereocenters. The molecule has 2 rings (SSSR count). The first kappa shape index (κ1) is 8.01. The molecule has 1 heterocycles. The molecule has 2 aliphatic rings. The van der Waals surface area contributed by atoms with Crippen LogP contribution in [0.5, 0.6) is 0 Å². The van der Waals surface area contributed by atoms with Gasteiger partial charge >= 0.3 is 0 Å². The predicted molar refractivity (Wildman–Crippen MR) is 43.4 cm³/mol. The van der Waals surface area contributed by atoms with Crippen LogP contribution in [0.3, 0.4) is 0 Å². The van der Waals surface area contributed by atoms with Gasteiger partial charge in [0.1, 0.15) is 0 Å². The molecule has 1 amide bonds. The molecule has 0 bridgehead atoms. The molecule has 0 aromatic rings. The van der Waals surface area contributed by atoms with Crippen LogP contribution in [0.15, 0.2) is 0 Å². The number of aliphatic hydroxyl groups is 1. The molecule has 12 heavy (non-hydrogen) atoms. The van der Waals surface area contributed by atoms with Crippen LogP contribution in [0.4, 0.5) is 0 Å². The Morgan fingerprint density at radius 1 is 1.50 bits per heavy atom. The minimum Gasteiger partial charge on any atom is -0.389 e. The lowest BCUT2D eigenvalue weighted by molar-refractivity contribution is -0.150. The lowest BCUT2D eigenvalue weighted by Gasteiger charge is -2.45. The van der Waals surface area contributed by atoms with Gasteiger partial charge in [0.25, 0.3) is 0 Å². The number of β-amino-alcohol motifs (C(OH)–C–C–N with tert-alkyl or cyclic N) is 1. The molecule has 1 saturated heterocycles. The van der Waals surface area contributed by atoms with E-state index in [1.165, 1.54) is 0 Å². The van der Waals surface area contributed by atoms with Crippen LogP contribution in [0.2, 0.25) is 0 Å². The fourth-order valence-electron chi connectivity index (χ4n) is 1.71. The van der Waals surface area contributed by atoms with E-state index in [2.05, 4.69) is 0 Å². The number of likely N-dealkylation sites (tertiary alicyclic amines) is 1. The lowest BCUT2D eigenvalue weighted by atomic mass is 9.76. The van der Waals surface area contributed by atoms with Crippen molar-refractivity contribution in [2.75, 3.05) is 13.1 Å². The van der Waals surface area contributed by atoms with E-state index in [9.17, 15) is 4.79 Å². The number of hydrogen-bond acceptors (Lipinski definition) is 3. The van der Waals surface area contributed by atoms with Gasteiger partial charge in [0.2, 0.25) is 5.91 Å². The summed E-state index contributed by atoms with van der Waals surface area (Å²) in [4.78, 5) is 13.2. The number of carbonyl (C=O) groups is 1. The third-order valence-corrected chi connectivity index (χ3v) is 2.82. The summed E-state index contributed by atoms with van der Waals surface area (Å²) in [7, 11) is 0. The minimum atomic E-state index is -0.583. The zero-order valence-corrected chi connectivity index (χ0v) is 6.99. The van der Waals surface area contributed by atoms with Crippen LogP contribution >= 0.6 is 0 Å². The number of nitrogens with zero attached hydrogens (tertiary/aromatic N) is 1. The van der Waals surface area contributed by atoms with Crippen molar-refractivity contribution in [2.45, 2.75) is 30.9 Å². The van der Waals surface area contributed by atoms with Gasteiger partial charge in [-0.1, -0.05) is 0 Å². The first-order valence-corrected chi connectivity index (χ1v) is 4.38. The van der Waals surface area contributed by atoms with Crippen LogP contribution < -0.4 is 5.73 Å². The number of carbonyl (C=O) groups excluding carboxylic acids is 1. The fraction of sp³-hybridized carbons (Fsp3) is 0.875. The van der Waals surface area contributed by atoms with Gasteiger partial charge in [-0.25, -0.2) is 0 Å². The van der Waals surface area contributed by atoms with Gasteiger partial charge in [-0.3, -0.25) is 4.79 Å². The summed E-state index contributed by atoms with van der Waals surface area (Å²) in [5.41, 5.74) is 5.25. The summed E-state index contributed by atoms with van der Waals surface area (Å²) in [6.45, 7) is 0.940. The third kappa shape index (κ3) is 1.03. The molecular weight excluding hydrogens is 156 g/mol. The molecule has 3 N–H and O–H groups in total. The number of amides is 1. The monoisotopic (exact) mass is 170 g/mol. The molecule has 68 valence electrons. The van der Waals surface area contributed by atoms with E-state index in [1.807, 2.05) is 0 Å². The molecule has 0 spiro atoms. The van der Waals surface area contributed by atoms with Crippen molar-refractivity contribution >= 4 is 5.91 Å². The zero-order valence-electron chi connectivity index (χ0n) is 6.99. The molecule has 1 saturated carbocycles. The van der Waals surface area contributed by atoms with Gasteiger partial charge < -0.3 is 15.7 Å². The molecule has 0 aromatic heterocycles. The summed E-state index contributed by atoms with van der Waals surface area (Å²) in [5, 5.41) is 8.99. The van der Waals surface area contributed by atoms with E-state index in [0.29, 0.717) is 13.1 Å². The van der Waals surface area contributed by atoms with Gasteiger partial charge in [0, 0.05) is 13.1 Å². The Morgan fingerprint density at radius 2 is 2.08 bits per heavy atom. The number of hydrogen-bond donors (Lipinski definition) is 2. The van der Waals surface area contributed by atoms with Crippen molar-refractivity contribution in [2.24, 2.45) is 5.73 Å². The number of rotatable bonds is 1. The summed E-state index contributed by atoms with van der Waals surface area (Å²) >= 11 is 0. The molecule has 0 radical (unpaired) electrons. The van der Waals surface area contributed by atoms with Crippen LogP contribution in [0.1, 0.15) is 19.3 Å². The van der Waals surface area contributed by atoms with Crippen molar-refractivity contribution < 1.29 is 9.90 Å². The van der Waals surface area contributed by atoms with Crippen LogP contribution in [-0.2, 0) is 4.79 Å². The van der Waals surface area contributed by atoms with Gasteiger partial charge in [-0.15, -0.1) is 0 Å². The van der Waals surface area contributed by atoms with Crippen LogP contribution in [0, 0.1) is 0 Å². The second-order valence-electron chi connectivity index (χ2n) is 3.87. The van der Waals surface area contributed by atoms with Crippen LogP contribution in [-0.4, -0.2) is 40.6 Å². The highest BCUT2D eigenvalue weighted by molar-refractivity contribution is 5.87. The largest absolute Gasteiger partial charge is 0.389 e. The maximum Gasteiger partial charge on any atom is 0.242 e. The van der Waals surface area contributed by atoms with E-state index >= 15 is 0 Å². The second kappa shape index (κ2) is 2.44. The highest BCUT2D eigenvalue weighted by atomic mass is 16.3. The highest BCUT2D eigenvalue weighted by Gasteiger charge is 2.45. The normalized spacial score (nSPS) is 27.7. The average Bonchev–Trinajstić information content (AvgIpc) is 1.93. The van der Waals surface area contributed by atoms with E-state index in [-0.39, 0.29) is 12.0 Å².